The Kier molecular flexibility index (Phi) is 5.25. The van der Waals surface area contributed by atoms with E-state index in [2.05, 4.69) is 9.97 Å². The highest BCUT2D eigenvalue weighted by Crippen LogP contribution is 2.29. The maximum Gasteiger partial charge on any atom is 0.241 e. The van der Waals surface area contributed by atoms with Gasteiger partial charge in [0.2, 0.25) is 17.7 Å². The number of amides is 3. The molecule has 3 aliphatic heterocycles. The van der Waals surface area contributed by atoms with E-state index in [0.29, 0.717) is 25.9 Å². The number of nitrogens with zero attached hydrogens (tertiary/aromatic N) is 4. The molecule has 0 spiro atoms. The summed E-state index contributed by atoms with van der Waals surface area (Å²) in [4.78, 5) is 50.6. The molecule has 0 radical (unpaired) electrons. The van der Waals surface area contributed by atoms with Gasteiger partial charge in [-0.15, -0.1) is 0 Å². The lowest BCUT2D eigenvalue weighted by Gasteiger charge is -2.35. The Bertz CT molecular complexity index is 904. The van der Waals surface area contributed by atoms with Gasteiger partial charge in [-0.1, -0.05) is 12.1 Å². The molecule has 0 saturated carbocycles. The van der Waals surface area contributed by atoms with Gasteiger partial charge in [0.1, 0.15) is 12.4 Å². The van der Waals surface area contributed by atoms with Crippen molar-refractivity contribution in [3.05, 3.63) is 30.1 Å². The van der Waals surface area contributed by atoms with Gasteiger partial charge in [-0.3, -0.25) is 14.4 Å². The van der Waals surface area contributed by atoms with E-state index in [9.17, 15) is 14.4 Å². The average molecular weight is 397 g/mol. The summed E-state index contributed by atoms with van der Waals surface area (Å²) in [5, 5.41) is 0. The minimum absolute atomic E-state index is 0.00374. The molecule has 8 nitrogen and oxygen atoms in total. The lowest BCUT2D eigenvalue weighted by Crippen LogP contribution is -2.51. The number of piperidine rings is 1. The zero-order valence-electron chi connectivity index (χ0n) is 16.9. The Hall–Kier alpha value is -2.90. The number of fused-ring (bicyclic) bond motifs is 5. The smallest absolute Gasteiger partial charge is 0.241 e. The second-order valence-corrected chi connectivity index (χ2v) is 8.18. The Balaban J connectivity index is 1.40. The number of rotatable bonds is 5. The molecule has 0 aliphatic carbocycles. The number of para-hydroxylation sites is 2. The van der Waals surface area contributed by atoms with Gasteiger partial charge in [-0.25, -0.2) is 4.98 Å². The van der Waals surface area contributed by atoms with Gasteiger partial charge in [-0.2, -0.15) is 0 Å². The molecule has 2 aromatic rings. The van der Waals surface area contributed by atoms with Gasteiger partial charge in [0.25, 0.3) is 0 Å². The van der Waals surface area contributed by atoms with E-state index < -0.39 is 0 Å². The SMILES string of the molecule is CN(C)C(=O)CN1C(=O)[C@H]2CC[C@@H]1CN(C(=O)CCc1nc3ccccc3[nH]1)C2. The number of benzene rings is 1. The monoisotopic (exact) mass is 397 g/mol. The van der Waals surface area contributed by atoms with E-state index in [1.807, 2.05) is 29.2 Å². The quantitative estimate of drug-likeness (QED) is 0.816. The van der Waals surface area contributed by atoms with E-state index in [1.54, 1.807) is 19.0 Å². The second-order valence-electron chi connectivity index (χ2n) is 8.18. The van der Waals surface area contributed by atoms with Crippen molar-refractivity contribution in [3.8, 4) is 0 Å². The highest BCUT2D eigenvalue weighted by atomic mass is 16.2. The molecule has 8 heteroatoms. The van der Waals surface area contributed by atoms with Gasteiger partial charge in [-0.05, 0) is 25.0 Å². The predicted molar refractivity (Wildman–Crippen MR) is 108 cm³/mol. The van der Waals surface area contributed by atoms with E-state index in [-0.39, 0.29) is 36.2 Å². The van der Waals surface area contributed by atoms with Crippen LogP contribution >= 0.6 is 0 Å². The Morgan fingerprint density at radius 2 is 2.00 bits per heavy atom. The number of aryl methyl sites for hydroxylation is 1. The number of imidazole rings is 1. The highest BCUT2D eigenvalue weighted by Gasteiger charge is 2.42. The molecule has 1 N–H and O–H groups in total. The molecule has 2 bridgehead atoms. The number of hydrogen-bond acceptors (Lipinski definition) is 4. The number of nitrogens with one attached hydrogen (secondary N) is 1. The molecule has 3 fully saturated rings. The topological polar surface area (TPSA) is 89.6 Å². The third-order valence-corrected chi connectivity index (χ3v) is 5.96. The fourth-order valence-electron chi connectivity index (χ4n) is 4.25. The van der Waals surface area contributed by atoms with Crippen molar-refractivity contribution < 1.29 is 14.4 Å². The van der Waals surface area contributed by atoms with Crippen LogP contribution in [-0.2, 0) is 20.8 Å². The molecule has 4 heterocycles. The van der Waals surface area contributed by atoms with E-state index in [1.165, 1.54) is 4.90 Å². The number of likely N-dealkylation sites (N-methyl/N-ethyl adjacent to an activating group) is 1. The summed E-state index contributed by atoms with van der Waals surface area (Å²) in [6, 6.07) is 7.72. The summed E-state index contributed by atoms with van der Waals surface area (Å²) < 4.78 is 0. The summed E-state index contributed by atoms with van der Waals surface area (Å²) in [5.41, 5.74) is 1.86. The maximum absolute atomic E-state index is 12.9. The summed E-state index contributed by atoms with van der Waals surface area (Å²) in [7, 11) is 3.38. The van der Waals surface area contributed by atoms with E-state index in [0.717, 1.165) is 29.7 Å². The van der Waals surface area contributed by atoms with Crippen molar-refractivity contribution in [2.24, 2.45) is 5.92 Å². The van der Waals surface area contributed by atoms with E-state index in [4.69, 9.17) is 0 Å². The van der Waals surface area contributed by atoms with Crippen LogP contribution in [0.5, 0.6) is 0 Å². The van der Waals surface area contributed by atoms with Crippen molar-refractivity contribution in [1.29, 1.82) is 0 Å². The van der Waals surface area contributed by atoms with Crippen LogP contribution in [0.1, 0.15) is 25.1 Å². The fourth-order valence-corrected chi connectivity index (χ4v) is 4.25. The second kappa shape index (κ2) is 7.85. The number of carbonyl (C=O) groups excluding carboxylic acids is 3. The summed E-state index contributed by atoms with van der Waals surface area (Å²) >= 11 is 0. The Morgan fingerprint density at radius 3 is 2.76 bits per heavy atom. The van der Waals surface area contributed by atoms with Gasteiger partial charge in [0, 0.05) is 46.1 Å². The molecule has 3 aliphatic rings. The molecular formula is C21H27N5O3. The molecule has 0 unspecified atom stereocenters. The first-order chi connectivity index (χ1) is 13.9. The molecule has 1 aromatic heterocycles. The summed E-state index contributed by atoms with van der Waals surface area (Å²) in [6.45, 7) is 1.04. The Morgan fingerprint density at radius 1 is 1.21 bits per heavy atom. The minimum Gasteiger partial charge on any atom is -0.347 e. The van der Waals surface area contributed by atoms with Crippen molar-refractivity contribution in [2.45, 2.75) is 31.7 Å². The average Bonchev–Trinajstić information content (AvgIpc) is 2.93. The number of aromatic amines is 1. The van der Waals surface area contributed by atoms with Crippen molar-refractivity contribution >= 4 is 28.8 Å². The predicted octanol–water partition coefficient (Wildman–Crippen LogP) is 1.03. The lowest BCUT2D eigenvalue weighted by molar-refractivity contribution is -0.145. The largest absolute Gasteiger partial charge is 0.347 e. The molecular weight excluding hydrogens is 370 g/mol. The fraction of sp³-hybridized carbons (Fsp3) is 0.524. The van der Waals surface area contributed by atoms with Crippen molar-refractivity contribution in [3.63, 3.8) is 0 Å². The first kappa shape index (κ1) is 19.4. The highest BCUT2D eigenvalue weighted by molar-refractivity contribution is 5.88. The van der Waals surface area contributed by atoms with Crippen LogP contribution < -0.4 is 0 Å². The number of carbonyl (C=O) groups is 3. The van der Waals surface area contributed by atoms with Crippen LogP contribution in [0.25, 0.3) is 11.0 Å². The maximum atomic E-state index is 12.9. The molecule has 2 atom stereocenters. The zero-order chi connectivity index (χ0) is 20.5. The standard InChI is InChI=1S/C21H27N5O3/c1-24(2)20(28)13-26-15-8-7-14(21(26)29)11-25(12-15)19(27)10-9-18-22-16-5-3-4-6-17(16)23-18/h3-6,14-15H,7-13H2,1-2H3,(H,22,23)/t14-,15+/m0/s1. The lowest BCUT2D eigenvalue weighted by atomic mass is 9.94. The molecule has 1 aromatic carbocycles. The van der Waals surface area contributed by atoms with Gasteiger partial charge < -0.3 is 19.7 Å². The van der Waals surface area contributed by atoms with Gasteiger partial charge in [0.05, 0.1) is 17.0 Å². The van der Waals surface area contributed by atoms with Crippen LogP contribution in [0, 0.1) is 5.92 Å². The first-order valence-corrected chi connectivity index (χ1v) is 10.1. The van der Waals surface area contributed by atoms with E-state index >= 15 is 0 Å². The van der Waals surface area contributed by atoms with Crippen LogP contribution in [-0.4, -0.2) is 82.2 Å². The summed E-state index contributed by atoms with van der Waals surface area (Å²) in [6.07, 6.45) is 2.51. The molecule has 3 amide bonds. The van der Waals surface area contributed by atoms with Gasteiger partial charge >= 0.3 is 0 Å². The van der Waals surface area contributed by atoms with Crippen LogP contribution in [0.3, 0.4) is 0 Å². The van der Waals surface area contributed by atoms with Gasteiger partial charge in [0.15, 0.2) is 0 Å². The number of hydrogen-bond donors (Lipinski definition) is 1. The van der Waals surface area contributed by atoms with Crippen LogP contribution in [0.15, 0.2) is 24.3 Å². The van der Waals surface area contributed by atoms with Crippen LogP contribution in [0.4, 0.5) is 0 Å². The molecule has 3 saturated heterocycles. The third kappa shape index (κ3) is 3.97. The number of aromatic nitrogens is 2. The number of H-pyrrole nitrogens is 1. The molecule has 5 rings (SSSR count). The van der Waals surface area contributed by atoms with Crippen LogP contribution in [0.2, 0.25) is 0 Å². The normalized spacial score (nSPS) is 21.5. The van der Waals surface area contributed by atoms with Crippen molar-refractivity contribution in [1.82, 2.24) is 24.7 Å². The zero-order valence-corrected chi connectivity index (χ0v) is 16.9. The minimum atomic E-state index is -0.209. The summed E-state index contributed by atoms with van der Waals surface area (Å²) in [5.74, 6) is 0.541. The third-order valence-electron chi connectivity index (χ3n) is 5.96. The van der Waals surface area contributed by atoms with Crippen molar-refractivity contribution in [2.75, 3.05) is 33.7 Å². The molecule has 29 heavy (non-hydrogen) atoms. The first-order valence-electron chi connectivity index (χ1n) is 10.1. The molecule has 154 valence electrons. The Labute approximate surface area is 169 Å².